The number of halogens is 1. The molecule has 1 aromatic heterocycles. The second-order valence-corrected chi connectivity index (χ2v) is 10.5. The Morgan fingerprint density at radius 2 is 1.76 bits per heavy atom. The Balaban J connectivity index is 1.61. The first-order chi connectivity index (χ1) is 17.8. The molecule has 8 heteroatoms. The Hall–Kier alpha value is -3.55. The van der Waals surface area contributed by atoms with Crippen LogP contribution in [-0.4, -0.2) is 27.3 Å². The number of nitrogens with zero attached hydrogens (tertiary/aromatic N) is 3. The molecule has 2 heterocycles. The second kappa shape index (κ2) is 10.4. The number of carbonyl (C=O) groups is 2. The third-order valence-corrected chi connectivity index (χ3v) is 7.93. The van der Waals surface area contributed by atoms with E-state index < -0.39 is 6.04 Å². The highest BCUT2D eigenvalue weighted by Crippen LogP contribution is 2.41. The Kier molecular flexibility index (Phi) is 7.09. The van der Waals surface area contributed by atoms with Gasteiger partial charge in [0, 0.05) is 22.8 Å². The molecule has 0 bridgehead atoms. The zero-order valence-electron chi connectivity index (χ0n) is 20.9. The number of para-hydroxylation sites is 1. The summed E-state index contributed by atoms with van der Waals surface area (Å²) in [6, 6.07) is 22.3. The monoisotopic (exact) mass is 530 g/mol. The number of benzene rings is 3. The summed E-state index contributed by atoms with van der Waals surface area (Å²) in [7, 11) is 0. The maximum atomic E-state index is 13.9. The molecule has 1 aliphatic rings. The van der Waals surface area contributed by atoms with Crippen molar-refractivity contribution in [2.75, 3.05) is 10.7 Å². The number of rotatable bonds is 5. The van der Waals surface area contributed by atoms with Gasteiger partial charge in [-0.15, -0.1) is 0 Å². The standard InChI is InChI=1S/C29H27ClN4O2S/c1-18-9-12-21(13-10-18)16-31-28(36)27-26-20(3)32-34(22-7-5-4-6-8-22)29(26)37-17-25(35)33(27)23-14-11-19(2)24(30)15-23/h4-15,27H,16-17H2,1-3H3,(H,31,36)/t27-/m1/s1. The molecule has 3 aromatic carbocycles. The van der Waals surface area contributed by atoms with Crippen molar-refractivity contribution in [2.24, 2.45) is 0 Å². The van der Waals surface area contributed by atoms with Crippen molar-refractivity contribution in [1.82, 2.24) is 15.1 Å². The fraction of sp³-hybridized carbons (Fsp3) is 0.207. The molecule has 1 N–H and O–H groups in total. The van der Waals surface area contributed by atoms with Gasteiger partial charge in [-0.05, 0) is 56.2 Å². The molecule has 0 spiro atoms. The van der Waals surface area contributed by atoms with Gasteiger partial charge in [0.05, 0.1) is 17.1 Å². The van der Waals surface area contributed by atoms with Crippen molar-refractivity contribution in [1.29, 1.82) is 0 Å². The number of aromatic nitrogens is 2. The fourth-order valence-electron chi connectivity index (χ4n) is 4.45. The van der Waals surface area contributed by atoms with Gasteiger partial charge in [-0.25, -0.2) is 4.68 Å². The quantitative estimate of drug-likeness (QED) is 0.346. The molecule has 37 heavy (non-hydrogen) atoms. The summed E-state index contributed by atoms with van der Waals surface area (Å²) in [5.41, 5.74) is 5.90. The predicted octanol–water partition coefficient (Wildman–Crippen LogP) is 5.95. The van der Waals surface area contributed by atoms with E-state index in [2.05, 4.69) is 5.32 Å². The first-order valence-electron chi connectivity index (χ1n) is 12.0. The molecule has 0 radical (unpaired) electrons. The van der Waals surface area contributed by atoms with Crippen LogP contribution >= 0.6 is 23.4 Å². The normalized spacial score (nSPS) is 15.3. The van der Waals surface area contributed by atoms with Crippen LogP contribution in [0.15, 0.2) is 77.8 Å². The van der Waals surface area contributed by atoms with E-state index in [1.54, 1.807) is 11.0 Å². The van der Waals surface area contributed by atoms with E-state index in [1.165, 1.54) is 11.8 Å². The number of nitrogens with one attached hydrogen (secondary N) is 1. The topological polar surface area (TPSA) is 67.2 Å². The maximum absolute atomic E-state index is 13.9. The van der Waals surface area contributed by atoms with E-state index in [-0.39, 0.29) is 17.6 Å². The summed E-state index contributed by atoms with van der Waals surface area (Å²) in [4.78, 5) is 29.1. The van der Waals surface area contributed by atoms with Gasteiger partial charge in [-0.2, -0.15) is 5.10 Å². The Labute approximate surface area is 225 Å². The minimum atomic E-state index is -0.904. The highest BCUT2D eigenvalue weighted by molar-refractivity contribution is 8.00. The number of anilines is 1. The Morgan fingerprint density at radius 3 is 2.46 bits per heavy atom. The van der Waals surface area contributed by atoms with Crippen molar-refractivity contribution < 1.29 is 9.59 Å². The predicted molar refractivity (Wildman–Crippen MR) is 148 cm³/mol. The highest BCUT2D eigenvalue weighted by Gasteiger charge is 2.40. The third-order valence-electron chi connectivity index (χ3n) is 6.47. The largest absolute Gasteiger partial charge is 0.350 e. The van der Waals surface area contributed by atoms with Crippen LogP contribution in [0.1, 0.15) is 34.0 Å². The van der Waals surface area contributed by atoms with Crippen LogP contribution in [0.3, 0.4) is 0 Å². The number of hydrogen-bond donors (Lipinski definition) is 1. The lowest BCUT2D eigenvalue weighted by Gasteiger charge is -2.30. The molecular formula is C29H27ClN4O2S. The van der Waals surface area contributed by atoms with Crippen LogP contribution in [0.25, 0.3) is 5.69 Å². The molecule has 188 valence electrons. The Morgan fingerprint density at radius 1 is 1.03 bits per heavy atom. The van der Waals surface area contributed by atoms with Gasteiger partial charge in [0.25, 0.3) is 0 Å². The number of hydrogen-bond acceptors (Lipinski definition) is 4. The molecule has 0 saturated carbocycles. The summed E-state index contributed by atoms with van der Waals surface area (Å²) in [6.07, 6.45) is 0. The molecule has 0 unspecified atom stereocenters. The third kappa shape index (κ3) is 5.02. The molecule has 5 rings (SSSR count). The summed E-state index contributed by atoms with van der Waals surface area (Å²) < 4.78 is 1.83. The van der Waals surface area contributed by atoms with Gasteiger partial charge >= 0.3 is 0 Å². The van der Waals surface area contributed by atoms with Crippen LogP contribution in [-0.2, 0) is 16.1 Å². The lowest BCUT2D eigenvalue weighted by molar-refractivity contribution is -0.126. The first kappa shape index (κ1) is 25.1. The summed E-state index contributed by atoms with van der Waals surface area (Å²) in [5, 5.41) is 9.19. The van der Waals surface area contributed by atoms with Crippen LogP contribution in [0, 0.1) is 20.8 Å². The van der Waals surface area contributed by atoms with Crippen molar-refractivity contribution in [2.45, 2.75) is 38.4 Å². The zero-order valence-corrected chi connectivity index (χ0v) is 22.4. The van der Waals surface area contributed by atoms with Crippen LogP contribution in [0.4, 0.5) is 5.69 Å². The van der Waals surface area contributed by atoms with Gasteiger partial charge < -0.3 is 5.32 Å². The molecule has 1 aliphatic heterocycles. The average Bonchev–Trinajstić information content (AvgIpc) is 3.13. The van der Waals surface area contributed by atoms with Gasteiger partial charge in [-0.3, -0.25) is 14.5 Å². The smallest absolute Gasteiger partial charge is 0.248 e. The van der Waals surface area contributed by atoms with Crippen molar-refractivity contribution in [3.05, 3.63) is 106 Å². The van der Waals surface area contributed by atoms with E-state index >= 15 is 0 Å². The van der Waals surface area contributed by atoms with E-state index in [4.69, 9.17) is 16.7 Å². The number of aryl methyl sites for hydroxylation is 3. The minimum Gasteiger partial charge on any atom is -0.350 e. The van der Waals surface area contributed by atoms with Gasteiger partial charge in [0.1, 0.15) is 11.1 Å². The van der Waals surface area contributed by atoms with Gasteiger partial charge in [-0.1, -0.05) is 77.5 Å². The molecule has 0 fully saturated rings. The van der Waals surface area contributed by atoms with Crippen molar-refractivity contribution in [3.8, 4) is 5.69 Å². The first-order valence-corrected chi connectivity index (χ1v) is 13.4. The van der Waals surface area contributed by atoms with E-state index in [0.29, 0.717) is 22.9 Å². The maximum Gasteiger partial charge on any atom is 0.248 e. The van der Waals surface area contributed by atoms with Gasteiger partial charge in [0.15, 0.2) is 0 Å². The Bertz CT molecular complexity index is 1470. The fourth-order valence-corrected chi connectivity index (χ4v) is 5.71. The zero-order chi connectivity index (χ0) is 26.1. The van der Waals surface area contributed by atoms with E-state index in [0.717, 1.165) is 33.0 Å². The molecule has 0 aliphatic carbocycles. The minimum absolute atomic E-state index is 0.165. The summed E-state index contributed by atoms with van der Waals surface area (Å²) in [6.45, 7) is 6.16. The summed E-state index contributed by atoms with van der Waals surface area (Å²) >= 11 is 7.86. The highest BCUT2D eigenvalue weighted by atomic mass is 35.5. The van der Waals surface area contributed by atoms with Gasteiger partial charge in [0.2, 0.25) is 11.8 Å². The van der Waals surface area contributed by atoms with E-state index in [1.807, 2.05) is 92.2 Å². The number of thioether (sulfide) groups is 1. The lowest BCUT2D eigenvalue weighted by atomic mass is 10.0. The van der Waals surface area contributed by atoms with E-state index in [9.17, 15) is 9.59 Å². The number of carbonyl (C=O) groups excluding carboxylic acids is 2. The van der Waals surface area contributed by atoms with Crippen molar-refractivity contribution >= 4 is 40.9 Å². The molecule has 2 amide bonds. The molecule has 4 aromatic rings. The SMILES string of the molecule is Cc1ccc(CNC(=O)[C@H]2c3c(C)nn(-c4ccccc4)c3SCC(=O)N2c2ccc(C)c(Cl)c2)cc1. The lowest BCUT2D eigenvalue weighted by Crippen LogP contribution is -2.44. The molecule has 6 nitrogen and oxygen atoms in total. The number of fused-ring (bicyclic) bond motifs is 1. The van der Waals surface area contributed by atoms with Crippen molar-refractivity contribution in [3.63, 3.8) is 0 Å². The molecule has 0 saturated heterocycles. The van der Waals surface area contributed by atoms with Crippen LogP contribution < -0.4 is 10.2 Å². The van der Waals surface area contributed by atoms with Crippen LogP contribution in [0.2, 0.25) is 5.02 Å². The molecular weight excluding hydrogens is 504 g/mol. The number of amides is 2. The van der Waals surface area contributed by atoms with Crippen LogP contribution in [0.5, 0.6) is 0 Å². The average molecular weight is 531 g/mol. The second-order valence-electron chi connectivity index (χ2n) is 9.14. The summed E-state index contributed by atoms with van der Waals surface area (Å²) in [5.74, 6) is -0.279. The molecule has 1 atom stereocenters.